The van der Waals surface area contributed by atoms with E-state index in [0.717, 1.165) is 0 Å². The summed E-state index contributed by atoms with van der Waals surface area (Å²) in [6.45, 7) is 2.26. The summed E-state index contributed by atoms with van der Waals surface area (Å²) in [5.74, 6) is 0. The Hall–Kier alpha value is -1.04. The van der Waals surface area contributed by atoms with Crippen LogP contribution >= 0.6 is 0 Å². The molecule has 0 heteroatoms. The van der Waals surface area contributed by atoms with Crippen LogP contribution in [0.4, 0.5) is 0 Å². The van der Waals surface area contributed by atoms with Gasteiger partial charge in [0.05, 0.1) is 0 Å². The minimum atomic E-state index is 1.26. The van der Waals surface area contributed by atoms with E-state index in [1.54, 1.807) is 5.56 Å². The predicted molar refractivity (Wildman–Crippen MR) is 62.5 cm³/mol. The smallest absolute Gasteiger partial charge is 0.0152 e. The number of hydrogen-bond donors (Lipinski definition) is 0. The van der Waals surface area contributed by atoms with Crippen LogP contribution in [0.2, 0.25) is 0 Å². The van der Waals surface area contributed by atoms with Gasteiger partial charge in [0.1, 0.15) is 0 Å². The Morgan fingerprint density at radius 3 is 2.64 bits per heavy atom. The maximum atomic E-state index is 2.27. The molecule has 0 heterocycles. The van der Waals surface area contributed by atoms with Crippen molar-refractivity contribution >= 4 is 12.2 Å². The lowest BCUT2D eigenvalue weighted by atomic mass is 9.99. The third-order valence-electron chi connectivity index (χ3n) is 2.96. The largest absolute Gasteiger partial charge is 0.0654 e. The van der Waals surface area contributed by atoms with E-state index in [1.807, 2.05) is 0 Å². The first-order valence-electron chi connectivity index (χ1n) is 5.72. The zero-order valence-electron chi connectivity index (χ0n) is 8.92. The molecule has 14 heavy (non-hydrogen) atoms. The molecule has 0 fully saturated rings. The molecular weight excluding hydrogens is 168 g/mol. The van der Waals surface area contributed by atoms with Gasteiger partial charge >= 0.3 is 0 Å². The molecule has 0 saturated carbocycles. The van der Waals surface area contributed by atoms with Crippen LogP contribution in [-0.4, -0.2) is 0 Å². The van der Waals surface area contributed by atoms with E-state index < -0.39 is 0 Å². The van der Waals surface area contributed by atoms with E-state index in [1.165, 1.54) is 42.5 Å². The topological polar surface area (TPSA) is 0 Å². The molecule has 74 valence electrons. The van der Waals surface area contributed by atoms with Crippen LogP contribution in [0.5, 0.6) is 0 Å². The van der Waals surface area contributed by atoms with E-state index >= 15 is 0 Å². The molecule has 0 amide bonds. The summed E-state index contributed by atoms with van der Waals surface area (Å²) in [7, 11) is 0. The molecule has 1 aromatic carbocycles. The molecule has 0 bridgehead atoms. The van der Waals surface area contributed by atoms with Crippen LogP contribution in [0, 0.1) is 0 Å². The van der Waals surface area contributed by atoms with Crippen molar-refractivity contribution in [2.24, 2.45) is 0 Å². The number of aryl methyl sites for hydroxylation is 1. The van der Waals surface area contributed by atoms with Crippen molar-refractivity contribution in [2.75, 3.05) is 0 Å². The number of rotatable bonds is 5. The Morgan fingerprint density at radius 2 is 1.93 bits per heavy atom. The van der Waals surface area contributed by atoms with Crippen molar-refractivity contribution in [2.45, 2.75) is 39.0 Å². The Bertz CT molecular complexity index is 412. The van der Waals surface area contributed by atoms with Crippen molar-refractivity contribution in [3.05, 3.63) is 34.2 Å². The van der Waals surface area contributed by atoms with Crippen LogP contribution in [0.15, 0.2) is 18.2 Å². The fourth-order valence-corrected chi connectivity index (χ4v) is 2.02. The maximum absolute atomic E-state index is 2.27. The van der Waals surface area contributed by atoms with Crippen LogP contribution in [-0.2, 0) is 6.42 Å². The van der Waals surface area contributed by atoms with Gasteiger partial charge < -0.3 is 0 Å². The van der Waals surface area contributed by atoms with Crippen molar-refractivity contribution in [1.82, 2.24) is 0 Å². The highest BCUT2D eigenvalue weighted by molar-refractivity contribution is 5.69. The Kier molecular flexibility index (Phi) is 3.03. The first kappa shape index (κ1) is 9.51. The molecule has 1 aliphatic carbocycles. The monoisotopic (exact) mass is 186 g/mol. The molecule has 1 aromatic rings. The molecule has 0 spiro atoms. The zero-order chi connectivity index (χ0) is 9.80. The number of hydrogen-bond acceptors (Lipinski definition) is 0. The molecule has 1 aliphatic rings. The van der Waals surface area contributed by atoms with Crippen LogP contribution < -0.4 is 10.4 Å². The SMILES string of the molecule is CCCCCCc1cccc2c1=CC=2. The van der Waals surface area contributed by atoms with E-state index in [4.69, 9.17) is 0 Å². The normalized spacial score (nSPS) is 12.4. The second-order valence-electron chi connectivity index (χ2n) is 4.06. The van der Waals surface area contributed by atoms with Gasteiger partial charge in [-0.05, 0) is 28.8 Å². The summed E-state index contributed by atoms with van der Waals surface area (Å²) >= 11 is 0. The highest BCUT2D eigenvalue weighted by atomic mass is 14.0. The van der Waals surface area contributed by atoms with E-state index in [9.17, 15) is 0 Å². The average Bonchev–Trinajstić information content (AvgIpc) is 2.15. The van der Waals surface area contributed by atoms with Crippen molar-refractivity contribution in [1.29, 1.82) is 0 Å². The van der Waals surface area contributed by atoms with Crippen molar-refractivity contribution in [3.8, 4) is 0 Å². The average molecular weight is 186 g/mol. The quantitative estimate of drug-likeness (QED) is 0.619. The van der Waals surface area contributed by atoms with Gasteiger partial charge in [0.2, 0.25) is 0 Å². The standard InChI is InChI=1S/C14H18/c1-2-3-4-5-7-12-8-6-9-13-10-11-14(12)13/h6,8-11H,2-5,7H2,1H3. The zero-order valence-corrected chi connectivity index (χ0v) is 8.92. The first-order chi connectivity index (χ1) is 6.92. The number of benzene rings is 1. The van der Waals surface area contributed by atoms with Gasteiger partial charge in [-0.2, -0.15) is 0 Å². The van der Waals surface area contributed by atoms with E-state index in [2.05, 4.69) is 37.3 Å². The Labute approximate surface area is 86.0 Å². The fraction of sp³-hybridized carbons (Fsp3) is 0.429. The molecule has 0 nitrogen and oxygen atoms in total. The number of fused-ring (bicyclic) bond motifs is 1. The third-order valence-corrected chi connectivity index (χ3v) is 2.96. The Morgan fingerprint density at radius 1 is 1.00 bits per heavy atom. The summed E-state index contributed by atoms with van der Waals surface area (Å²) in [5, 5.41) is 2.92. The molecule has 0 aliphatic heterocycles. The first-order valence-corrected chi connectivity index (χ1v) is 5.72. The highest BCUT2D eigenvalue weighted by Crippen LogP contribution is 2.04. The van der Waals surface area contributed by atoms with Crippen LogP contribution in [0.25, 0.3) is 12.2 Å². The predicted octanol–water partition coefficient (Wildman–Crippen LogP) is 2.38. The summed E-state index contributed by atoms with van der Waals surface area (Å²) < 4.78 is 0. The molecule has 2 rings (SSSR count). The summed E-state index contributed by atoms with van der Waals surface area (Å²) in [6.07, 6.45) is 11.1. The Balaban J connectivity index is 1.95. The molecule has 0 aromatic heterocycles. The minimum absolute atomic E-state index is 1.26. The van der Waals surface area contributed by atoms with Gasteiger partial charge in [-0.15, -0.1) is 0 Å². The van der Waals surface area contributed by atoms with Crippen molar-refractivity contribution in [3.63, 3.8) is 0 Å². The fourth-order valence-electron chi connectivity index (χ4n) is 2.02. The molecule has 0 N–H and O–H groups in total. The summed E-state index contributed by atoms with van der Waals surface area (Å²) in [4.78, 5) is 0. The van der Waals surface area contributed by atoms with E-state index in [-0.39, 0.29) is 0 Å². The molecule has 0 radical (unpaired) electrons. The number of unbranched alkanes of at least 4 members (excludes halogenated alkanes) is 3. The van der Waals surface area contributed by atoms with Crippen LogP contribution in [0.3, 0.4) is 0 Å². The van der Waals surface area contributed by atoms with Crippen LogP contribution in [0.1, 0.15) is 38.2 Å². The molecule has 0 atom stereocenters. The lowest BCUT2D eigenvalue weighted by molar-refractivity contribution is 0.665. The van der Waals surface area contributed by atoms with E-state index in [0.29, 0.717) is 0 Å². The molecule has 0 unspecified atom stereocenters. The second-order valence-corrected chi connectivity index (χ2v) is 4.06. The van der Waals surface area contributed by atoms with Crippen molar-refractivity contribution < 1.29 is 0 Å². The van der Waals surface area contributed by atoms with Gasteiger partial charge in [0.25, 0.3) is 0 Å². The van der Waals surface area contributed by atoms with Gasteiger partial charge in [0.15, 0.2) is 0 Å². The second kappa shape index (κ2) is 4.45. The minimum Gasteiger partial charge on any atom is -0.0654 e. The van der Waals surface area contributed by atoms with Gasteiger partial charge in [-0.25, -0.2) is 0 Å². The lowest BCUT2D eigenvalue weighted by Gasteiger charge is -2.06. The third kappa shape index (κ3) is 1.89. The highest BCUT2D eigenvalue weighted by Gasteiger charge is 2.00. The molecule has 0 saturated heterocycles. The van der Waals surface area contributed by atoms with Gasteiger partial charge in [-0.3, -0.25) is 0 Å². The summed E-state index contributed by atoms with van der Waals surface area (Å²) in [6, 6.07) is 6.65. The maximum Gasteiger partial charge on any atom is -0.0152 e. The van der Waals surface area contributed by atoms with Gasteiger partial charge in [-0.1, -0.05) is 56.5 Å². The lowest BCUT2D eigenvalue weighted by Crippen LogP contribution is -2.33. The molecular formula is C14H18. The summed E-state index contributed by atoms with van der Waals surface area (Å²) in [5.41, 5.74) is 1.54. The van der Waals surface area contributed by atoms with Gasteiger partial charge in [0, 0.05) is 0 Å².